The number of benzene rings is 2. The second kappa shape index (κ2) is 8.26. The number of piperazine rings is 1. The molecule has 2 aromatic heterocycles. The first kappa shape index (κ1) is 18.8. The van der Waals surface area contributed by atoms with Crippen LogP contribution in [0.5, 0.6) is 0 Å². The second-order valence-electron chi connectivity index (χ2n) is 7.56. The summed E-state index contributed by atoms with van der Waals surface area (Å²) in [5, 5.41) is 10.3. The minimum atomic E-state index is 0.204. The highest BCUT2D eigenvalue weighted by Gasteiger charge is 2.23. The Morgan fingerprint density at radius 2 is 1.53 bits per heavy atom. The van der Waals surface area contributed by atoms with E-state index in [0.717, 1.165) is 66.4 Å². The van der Waals surface area contributed by atoms with E-state index in [4.69, 9.17) is 4.98 Å². The Hall–Kier alpha value is -3.22. The van der Waals surface area contributed by atoms with Crippen molar-refractivity contribution in [3.63, 3.8) is 0 Å². The first-order chi connectivity index (χ1) is 14.8. The lowest BCUT2D eigenvalue weighted by molar-refractivity contribution is 0.188. The van der Waals surface area contributed by atoms with E-state index in [1.807, 2.05) is 24.3 Å². The summed E-state index contributed by atoms with van der Waals surface area (Å²) in [4.78, 5) is 14.1. The number of aliphatic hydroxyl groups excluding tert-OH is 1. The molecule has 1 saturated heterocycles. The van der Waals surface area contributed by atoms with Gasteiger partial charge < -0.3 is 14.6 Å². The Morgan fingerprint density at radius 3 is 2.23 bits per heavy atom. The van der Waals surface area contributed by atoms with E-state index < -0.39 is 0 Å². The molecule has 5 rings (SSSR count). The van der Waals surface area contributed by atoms with Gasteiger partial charge in [0.25, 0.3) is 0 Å². The van der Waals surface area contributed by atoms with Crippen LogP contribution in [0.15, 0.2) is 73.2 Å². The molecule has 1 N–H and O–H groups in total. The van der Waals surface area contributed by atoms with Gasteiger partial charge in [-0.05, 0) is 17.7 Å². The van der Waals surface area contributed by atoms with Gasteiger partial charge in [-0.3, -0.25) is 4.90 Å². The van der Waals surface area contributed by atoms with Gasteiger partial charge in [-0.25, -0.2) is 9.97 Å². The molecule has 0 aliphatic carbocycles. The molecule has 1 fully saturated rings. The highest BCUT2D eigenvalue weighted by atomic mass is 16.3. The summed E-state index contributed by atoms with van der Waals surface area (Å²) in [7, 11) is 0. The molecule has 30 heavy (non-hydrogen) atoms. The molecule has 1 aliphatic heterocycles. The Bertz CT molecular complexity index is 1120. The van der Waals surface area contributed by atoms with E-state index in [-0.39, 0.29) is 6.61 Å². The molecular formula is C24H25N5O. The van der Waals surface area contributed by atoms with Crippen LogP contribution in [-0.4, -0.2) is 63.9 Å². The molecule has 0 amide bonds. The molecular weight excluding hydrogens is 374 g/mol. The maximum Gasteiger partial charge on any atom is 0.150 e. The Morgan fingerprint density at radius 1 is 0.833 bits per heavy atom. The first-order valence-corrected chi connectivity index (χ1v) is 10.4. The highest BCUT2D eigenvalue weighted by molar-refractivity contribution is 6.02. The van der Waals surface area contributed by atoms with Gasteiger partial charge in [0, 0.05) is 50.2 Å². The predicted octanol–water partition coefficient (Wildman–Crippen LogP) is 3.20. The molecule has 2 aromatic carbocycles. The van der Waals surface area contributed by atoms with Gasteiger partial charge in [0.2, 0.25) is 0 Å². The normalized spacial score (nSPS) is 15.0. The third-order valence-corrected chi connectivity index (χ3v) is 5.77. The molecule has 6 nitrogen and oxygen atoms in total. The van der Waals surface area contributed by atoms with Crippen LogP contribution in [0, 0.1) is 0 Å². The monoisotopic (exact) mass is 399 g/mol. The number of hydrogen-bond acceptors (Lipinski definition) is 5. The molecule has 152 valence electrons. The molecule has 0 bridgehead atoms. The molecule has 0 unspecified atom stereocenters. The van der Waals surface area contributed by atoms with Crippen LogP contribution in [0.2, 0.25) is 0 Å². The van der Waals surface area contributed by atoms with Crippen LogP contribution >= 0.6 is 0 Å². The number of nitrogens with zero attached hydrogens (tertiary/aromatic N) is 5. The van der Waals surface area contributed by atoms with E-state index in [1.54, 1.807) is 6.33 Å². The number of aromatic nitrogens is 3. The van der Waals surface area contributed by atoms with Crippen LogP contribution < -0.4 is 4.90 Å². The van der Waals surface area contributed by atoms with Crippen LogP contribution in [0.3, 0.4) is 0 Å². The predicted molar refractivity (Wildman–Crippen MR) is 120 cm³/mol. The lowest BCUT2D eigenvalue weighted by Gasteiger charge is -2.35. The summed E-state index contributed by atoms with van der Waals surface area (Å²) in [6, 6.07) is 20.8. The van der Waals surface area contributed by atoms with Crippen molar-refractivity contribution in [3.8, 4) is 16.8 Å². The van der Waals surface area contributed by atoms with Gasteiger partial charge in [-0.15, -0.1) is 0 Å². The van der Waals surface area contributed by atoms with Crippen molar-refractivity contribution in [2.75, 3.05) is 44.2 Å². The fourth-order valence-electron chi connectivity index (χ4n) is 4.23. The van der Waals surface area contributed by atoms with Crippen LogP contribution in [0.1, 0.15) is 0 Å². The van der Waals surface area contributed by atoms with Gasteiger partial charge in [-0.2, -0.15) is 0 Å². The van der Waals surface area contributed by atoms with E-state index >= 15 is 0 Å². The molecule has 4 aromatic rings. The van der Waals surface area contributed by atoms with E-state index in [2.05, 4.69) is 61.9 Å². The minimum absolute atomic E-state index is 0.204. The minimum Gasteiger partial charge on any atom is -0.395 e. The first-order valence-electron chi connectivity index (χ1n) is 10.4. The number of β-amino-alcohol motifs (C(OH)–C–C–N with tert-alkyl or cyclic N) is 1. The lowest BCUT2D eigenvalue weighted by atomic mass is 10.1. The van der Waals surface area contributed by atoms with Crippen molar-refractivity contribution < 1.29 is 5.11 Å². The van der Waals surface area contributed by atoms with Gasteiger partial charge in [0.15, 0.2) is 5.65 Å². The average Bonchev–Trinajstić information content (AvgIpc) is 3.21. The van der Waals surface area contributed by atoms with Crippen molar-refractivity contribution in [1.82, 2.24) is 19.4 Å². The number of rotatable bonds is 5. The largest absolute Gasteiger partial charge is 0.395 e. The van der Waals surface area contributed by atoms with Crippen molar-refractivity contribution in [3.05, 3.63) is 73.2 Å². The summed E-state index contributed by atoms with van der Waals surface area (Å²) in [6.45, 7) is 4.55. The zero-order chi connectivity index (χ0) is 20.3. The number of hydrogen-bond donors (Lipinski definition) is 1. The summed E-state index contributed by atoms with van der Waals surface area (Å²) < 4.78 is 2.16. The molecule has 3 heterocycles. The summed E-state index contributed by atoms with van der Waals surface area (Å²) in [6.07, 6.45) is 3.85. The quantitative estimate of drug-likeness (QED) is 0.559. The second-order valence-corrected chi connectivity index (χ2v) is 7.56. The zero-order valence-electron chi connectivity index (χ0n) is 16.9. The Kier molecular flexibility index (Phi) is 5.17. The maximum absolute atomic E-state index is 9.24. The summed E-state index contributed by atoms with van der Waals surface area (Å²) in [5.74, 6) is 0.984. The fourth-order valence-corrected chi connectivity index (χ4v) is 4.23. The summed E-state index contributed by atoms with van der Waals surface area (Å²) in [5.41, 5.74) is 4.31. The zero-order valence-corrected chi connectivity index (χ0v) is 16.9. The number of anilines is 1. The number of aliphatic hydroxyl groups is 1. The van der Waals surface area contributed by atoms with Gasteiger partial charge >= 0.3 is 0 Å². The number of fused-ring (bicyclic) bond motifs is 1. The van der Waals surface area contributed by atoms with E-state index in [9.17, 15) is 5.11 Å². The standard InChI is InChI=1S/C24H25N5O/c30-16-15-27-11-13-28(14-12-27)23-22-21(19-7-3-1-4-8-19)17-29(24(22)26-18-25-23)20-9-5-2-6-10-20/h1-10,17-18,30H,11-16H2. The third kappa shape index (κ3) is 3.44. The van der Waals surface area contributed by atoms with Crippen molar-refractivity contribution in [2.24, 2.45) is 0 Å². The maximum atomic E-state index is 9.24. The molecule has 0 spiro atoms. The third-order valence-electron chi connectivity index (χ3n) is 5.77. The topological polar surface area (TPSA) is 57.4 Å². The van der Waals surface area contributed by atoms with E-state index in [0.29, 0.717) is 0 Å². The van der Waals surface area contributed by atoms with Crippen molar-refractivity contribution in [2.45, 2.75) is 0 Å². The molecule has 0 saturated carbocycles. The average molecular weight is 399 g/mol. The molecule has 6 heteroatoms. The summed E-state index contributed by atoms with van der Waals surface area (Å²) >= 11 is 0. The Balaban J connectivity index is 1.65. The van der Waals surface area contributed by atoms with Crippen molar-refractivity contribution >= 4 is 16.9 Å². The lowest BCUT2D eigenvalue weighted by Crippen LogP contribution is -2.47. The van der Waals surface area contributed by atoms with E-state index in [1.165, 1.54) is 0 Å². The van der Waals surface area contributed by atoms with Crippen LogP contribution in [0.4, 0.5) is 5.82 Å². The highest BCUT2D eigenvalue weighted by Crippen LogP contribution is 2.36. The SMILES string of the molecule is OCCN1CCN(c2ncnc3c2c(-c2ccccc2)cn3-c2ccccc2)CC1. The Labute approximate surface area is 176 Å². The van der Waals surface area contributed by atoms with Gasteiger partial charge in [0.05, 0.1) is 12.0 Å². The smallest absolute Gasteiger partial charge is 0.150 e. The van der Waals surface area contributed by atoms with Crippen molar-refractivity contribution in [1.29, 1.82) is 0 Å². The van der Waals surface area contributed by atoms with Crippen LogP contribution in [0.25, 0.3) is 27.8 Å². The molecule has 0 radical (unpaired) electrons. The van der Waals surface area contributed by atoms with Gasteiger partial charge in [0.1, 0.15) is 12.1 Å². The molecule has 0 atom stereocenters. The molecule has 1 aliphatic rings. The van der Waals surface area contributed by atoms with Gasteiger partial charge in [-0.1, -0.05) is 48.5 Å². The fraction of sp³-hybridized carbons (Fsp3) is 0.250. The number of para-hydroxylation sites is 1. The van der Waals surface area contributed by atoms with Crippen LogP contribution in [-0.2, 0) is 0 Å².